The molecule has 3 aromatic rings. The zero-order valence-electron chi connectivity index (χ0n) is 15.0. The van der Waals surface area contributed by atoms with Crippen LogP contribution >= 0.6 is 11.3 Å². The van der Waals surface area contributed by atoms with Gasteiger partial charge in [0.25, 0.3) is 11.8 Å². The average Bonchev–Trinajstić information content (AvgIpc) is 3.38. The summed E-state index contributed by atoms with van der Waals surface area (Å²) in [4.78, 5) is 32.9. The van der Waals surface area contributed by atoms with Crippen LogP contribution in [0.15, 0.2) is 48.0 Å². The molecule has 2 N–H and O–H groups in total. The summed E-state index contributed by atoms with van der Waals surface area (Å²) >= 11 is 1.45. The fraction of sp³-hybridized carbons (Fsp3) is 0.300. The molecular weight excluding hydrogens is 360 g/mol. The van der Waals surface area contributed by atoms with Crippen LogP contribution in [0.3, 0.4) is 0 Å². The lowest BCUT2D eigenvalue weighted by Gasteiger charge is -2.34. The molecule has 6 nitrogen and oxygen atoms in total. The highest BCUT2D eigenvalue weighted by Gasteiger charge is 2.23. The summed E-state index contributed by atoms with van der Waals surface area (Å²) in [5.41, 5.74) is 1.73. The second-order valence-corrected chi connectivity index (χ2v) is 7.56. The molecule has 2 aromatic heterocycles. The van der Waals surface area contributed by atoms with Crippen molar-refractivity contribution in [2.24, 2.45) is 0 Å². The number of para-hydroxylation sites is 1. The second kappa shape index (κ2) is 7.94. The molecule has 0 saturated carbocycles. The van der Waals surface area contributed by atoms with Crippen molar-refractivity contribution in [3.8, 4) is 0 Å². The van der Waals surface area contributed by atoms with Gasteiger partial charge in [-0.1, -0.05) is 24.3 Å². The van der Waals surface area contributed by atoms with E-state index in [0.717, 1.165) is 41.0 Å². The lowest BCUT2D eigenvalue weighted by atomic mass is 10.1. The van der Waals surface area contributed by atoms with Crippen LogP contribution in [0.4, 0.5) is 0 Å². The Morgan fingerprint density at radius 1 is 1.07 bits per heavy atom. The number of piperazine rings is 1. The first-order chi connectivity index (χ1) is 13.2. The van der Waals surface area contributed by atoms with Gasteiger partial charge in [0, 0.05) is 56.4 Å². The van der Waals surface area contributed by atoms with Crippen molar-refractivity contribution in [3.63, 3.8) is 0 Å². The number of H-pyrrole nitrogens is 1. The minimum Gasteiger partial charge on any atom is -0.360 e. The molecule has 0 spiro atoms. The maximum atomic E-state index is 12.8. The molecule has 0 unspecified atom stereocenters. The van der Waals surface area contributed by atoms with Crippen molar-refractivity contribution in [2.45, 2.75) is 0 Å². The number of hydrogen-bond acceptors (Lipinski definition) is 4. The van der Waals surface area contributed by atoms with E-state index in [4.69, 9.17) is 0 Å². The molecule has 1 aliphatic heterocycles. The molecule has 2 amide bonds. The Morgan fingerprint density at radius 3 is 2.67 bits per heavy atom. The zero-order valence-corrected chi connectivity index (χ0v) is 15.8. The van der Waals surface area contributed by atoms with Crippen LogP contribution in [0.25, 0.3) is 10.9 Å². The predicted octanol–water partition coefficient (Wildman–Crippen LogP) is 2.42. The fourth-order valence-electron chi connectivity index (χ4n) is 3.42. The molecule has 0 aliphatic carbocycles. The van der Waals surface area contributed by atoms with Crippen molar-refractivity contribution in [1.29, 1.82) is 0 Å². The van der Waals surface area contributed by atoms with Crippen LogP contribution in [-0.4, -0.2) is 65.9 Å². The molecule has 7 heteroatoms. The number of hydrogen-bond donors (Lipinski definition) is 2. The van der Waals surface area contributed by atoms with Gasteiger partial charge in [-0.3, -0.25) is 14.5 Å². The maximum Gasteiger partial charge on any atom is 0.261 e. The largest absolute Gasteiger partial charge is 0.360 e. The van der Waals surface area contributed by atoms with E-state index in [9.17, 15) is 9.59 Å². The van der Waals surface area contributed by atoms with Gasteiger partial charge in [0.05, 0.1) is 10.4 Å². The van der Waals surface area contributed by atoms with Crippen molar-refractivity contribution in [1.82, 2.24) is 20.1 Å². The second-order valence-electron chi connectivity index (χ2n) is 6.61. The Morgan fingerprint density at radius 2 is 1.89 bits per heavy atom. The molecule has 27 heavy (non-hydrogen) atoms. The number of aromatic amines is 1. The highest BCUT2D eigenvalue weighted by molar-refractivity contribution is 7.12. The van der Waals surface area contributed by atoms with Crippen molar-refractivity contribution in [3.05, 3.63) is 58.4 Å². The van der Waals surface area contributed by atoms with E-state index < -0.39 is 0 Å². The van der Waals surface area contributed by atoms with Crippen LogP contribution in [0, 0.1) is 0 Å². The van der Waals surface area contributed by atoms with E-state index in [2.05, 4.69) is 15.2 Å². The van der Waals surface area contributed by atoms with Crippen LogP contribution in [0.5, 0.6) is 0 Å². The number of thiophene rings is 1. The number of nitrogens with one attached hydrogen (secondary N) is 2. The number of carbonyl (C=O) groups excluding carboxylic acids is 2. The third-order valence-corrected chi connectivity index (χ3v) is 5.81. The monoisotopic (exact) mass is 382 g/mol. The predicted molar refractivity (Wildman–Crippen MR) is 107 cm³/mol. The first-order valence-corrected chi connectivity index (χ1v) is 10.00. The lowest BCUT2D eigenvalue weighted by Crippen LogP contribution is -2.50. The molecule has 140 valence electrons. The summed E-state index contributed by atoms with van der Waals surface area (Å²) < 4.78 is 0. The van der Waals surface area contributed by atoms with Gasteiger partial charge in [-0.15, -0.1) is 11.3 Å². The normalized spacial score (nSPS) is 15.2. The van der Waals surface area contributed by atoms with Gasteiger partial charge in [0.2, 0.25) is 0 Å². The Kier molecular flexibility index (Phi) is 5.22. The van der Waals surface area contributed by atoms with E-state index in [-0.39, 0.29) is 11.8 Å². The summed E-state index contributed by atoms with van der Waals surface area (Å²) in [5, 5.41) is 5.83. The SMILES string of the molecule is O=C(NCCN1CCN(C(=O)c2c[nH]c3ccccc23)CC1)c1cccs1. The maximum absolute atomic E-state index is 12.8. The molecule has 0 bridgehead atoms. The average molecular weight is 382 g/mol. The number of benzene rings is 1. The van der Waals surface area contributed by atoms with Crippen LogP contribution < -0.4 is 5.32 Å². The number of nitrogens with zero attached hydrogens (tertiary/aromatic N) is 2. The third-order valence-electron chi connectivity index (χ3n) is 4.94. The smallest absolute Gasteiger partial charge is 0.261 e. The van der Waals surface area contributed by atoms with Crippen molar-refractivity contribution < 1.29 is 9.59 Å². The number of aromatic nitrogens is 1. The first-order valence-electron chi connectivity index (χ1n) is 9.12. The lowest BCUT2D eigenvalue weighted by molar-refractivity contribution is 0.0640. The quantitative estimate of drug-likeness (QED) is 0.712. The zero-order chi connectivity index (χ0) is 18.6. The molecule has 1 aliphatic rings. The minimum absolute atomic E-state index is 0.0156. The Bertz CT molecular complexity index is 927. The number of rotatable bonds is 5. The highest BCUT2D eigenvalue weighted by Crippen LogP contribution is 2.20. The Labute approximate surface area is 161 Å². The number of amides is 2. The van der Waals surface area contributed by atoms with E-state index in [1.807, 2.05) is 46.7 Å². The van der Waals surface area contributed by atoms with Gasteiger partial charge in [-0.25, -0.2) is 0 Å². The van der Waals surface area contributed by atoms with Gasteiger partial charge in [0.1, 0.15) is 0 Å². The van der Waals surface area contributed by atoms with E-state index in [1.54, 1.807) is 6.20 Å². The summed E-state index contributed by atoms with van der Waals surface area (Å²) in [6.07, 6.45) is 1.81. The fourth-order valence-corrected chi connectivity index (χ4v) is 4.06. The van der Waals surface area contributed by atoms with Gasteiger partial charge >= 0.3 is 0 Å². The third kappa shape index (κ3) is 3.89. The Balaban J connectivity index is 1.26. The summed E-state index contributed by atoms with van der Waals surface area (Å²) in [6, 6.07) is 11.6. The molecule has 3 heterocycles. The molecule has 1 fully saturated rings. The summed E-state index contributed by atoms with van der Waals surface area (Å²) in [7, 11) is 0. The summed E-state index contributed by atoms with van der Waals surface area (Å²) in [6.45, 7) is 4.47. The van der Waals surface area contributed by atoms with Gasteiger partial charge in [0.15, 0.2) is 0 Å². The van der Waals surface area contributed by atoms with E-state index >= 15 is 0 Å². The topological polar surface area (TPSA) is 68.4 Å². The molecular formula is C20H22N4O2S. The molecule has 1 saturated heterocycles. The number of fused-ring (bicyclic) bond motifs is 1. The van der Waals surface area contributed by atoms with Gasteiger partial charge < -0.3 is 15.2 Å². The Hall–Kier alpha value is -2.64. The van der Waals surface area contributed by atoms with Crippen LogP contribution in [0.1, 0.15) is 20.0 Å². The van der Waals surface area contributed by atoms with Crippen molar-refractivity contribution >= 4 is 34.1 Å². The van der Waals surface area contributed by atoms with Crippen molar-refractivity contribution in [2.75, 3.05) is 39.3 Å². The molecule has 1 aromatic carbocycles. The minimum atomic E-state index is -0.0156. The van der Waals surface area contributed by atoms with E-state index in [1.165, 1.54) is 11.3 Å². The molecule has 0 atom stereocenters. The molecule has 0 radical (unpaired) electrons. The first kappa shape index (κ1) is 17.8. The summed E-state index contributed by atoms with van der Waals surface area (Å²) in [5.74, 6) is 0.0660. The van der Waals surface area contributed by atoms with Crippen LogP contribution in [-0.2, 0) is 0 Å². The standard InChI is InChI=1S/C20H22N4O2S/c25-19(18-6-3-13-27-18)21-7-8-23-9-11-24(12-10-23)20(26)16-14-22-17-5-2-1-4-15(16)17/h1-6,13-14,22H,7-12H2,(H,21,25). The van der Waals surface area contributed by atoms with Gasteiger partial charge in [-0.05, 0) is 17.5 Å². The highest BCUT2D eigenvalue weighted by atomic mass is 32.1. The van der Waals surface area contributed by atoms with Crippen LogP contribution in [0.2, 0.25) is 0 Å². The number of carbonyl (C=O) groups is 2. The van der Waals surface area contributed by atoms with E-state index in [0.29, 0.717) is 19.6 Å². The molecule has 4 rings (SSSR count). The van der Waals surface area contributed by atoms with Gasteiger partial charge in [-0.2, -0.15) is 0 Å².